The Kier molecular flexibility index (Phi) is 9.42. The Morgan fingerprint density at radius 1 is 1.06 bits per heavy atom. The summed E-state index contributed by atoms with van der Waals surface area (Å²) in [7, 11) is 0. The van der Waals surface area contributed by atoms with Crippen LogP contribution in [0.2, 0.25) is 5.02 Å². The van der Waals surface area contributed by atoms with E-state index in [0.717, 1.165) is 18.4 Å². The molecule has 180 valence electrons. The Hall–Kier alpha value is -2.97. The molecule has 2 aromatic carbocycles. The van der Waals surface area contributed by atoms with Crippen molar-refractivity contribution in [1.82, 2.24) is 15.5 Å². The Balaban J connectivity index is 1.65. The van der Waals surface area contributed by atoms with Gasteiger partial charge in [-0.2, -0.15) is 0 Å². The highest BCUT2D eigenvalue weighted by Gasteiger charge is 2.27. The summed E-state index contributed by atoms with van der Waals surface area (Å²) in [6, 6.07) is 13.4. The summed E-state index contributed by atoms with van der Waals surface area (Å²) in [6.45, 7) is 6.64. The van der Waals surface area contributed by atoms with Gasteiger partial charge in [0.2, 0.25) is 11.0 Å². The van der Waals surface area contributed by atoms with E-state index in [2.05, 4.69) is 27.8 Å². The summed E-state index contributed by atoms with van der Waals surface area (Å²) < 4.78 is 5.65. The summed E-state index contributed by atoms with van der Waals surface area (Å²) >= 11 is 7.20. The van der Waals surface area contributed by atoms with Crippen molar-refractivity contribution in [3.63, 3.8) is 0 Å². The van der Waals surface area contributed by atoms with Gasteiger partial charge in [-0.1, -0.05) is 68.7 Å². The maximum Gasteiger partial charge on any atom is 0.251 e. The molecule has 0 bridgehead atoms. The number of ether oxygens (including phenoxy) is 1. The van der Waals surface area contributed by atoms with Gasteiger partial charge in [0.05, 0.1) is 6.61 Å². The minimum absolute atomic E-state index is 0.0794. The van der Waals surface area contributed by atoms with Gasteiger partial charge in [0, 0.05) is 16.1 Å². The third kappa shape index (κ3) is 7.01. The molecule has 2 amide bonds. The molecule has 0 saturated heterocycles. The molecule has 0 radical (unpaired) electrons. The Bertz CT molecular complexity index is 1090. The van der Waals surface area contributed by atoms with Gasteiger partial charge >= 0.3 is 0 Å². The van der Waals surface area contributed by atoms with Crippen LogP contribution in [0.4, 0.5) is 5.13 Å². The van der Waals surface area contributed by atoms with E-state index in [-0.39, 0.29) is 17.7 Å². The first-order valence-corrected chi connectivity index (χ1v) is 12.5. The molecule has 9 heteroatoms. The minimum atomic E-state index is -0.721. The fourth-order valence-corrected chi connectivity index (χ4v) is 4.01. The number of rotatable bonds is 11. The minimum Gasteiger partial charge on any atom is -0.494 e. The predicted octanol–water partition coefficient (Wildman–Crippen LogP) is 5.82. The van der Waals surface area contributed by atoms with E-state index in [1.807, 2.05) is 26.0 Å². The van der Waals surface area contributed by atoms with Crippen molar-refractivity contribution in [2.75, 3.05) is 11.9 Å². The van der Waals surface area contributed by atoms with Crippen LogP contribution in [0, 0.1) is 5.92 Å². The van der Waals surface area contributed by atoms with Gasteiger partial charge in [-0.3, -0.25) is 14.9 Å². The van der Waals surface area contributed by atoms with Crippen molar-refractivity contribution in [2.45, 2.75) is 46.1 Å². The summed E-state index contributed by atoms with van der Waals surface area (Å²) in [6.07, 6.45) is 2.75. The van der Waals surface area contributed by atoms with Crippen molar-refractivity contribution in [2.24, 2.45) is 5.92 Å². The van der Waals surface area contributed by atoms with Crippen LogP contribution in [0.25, 0.3) is 10.6 Å². The number of unbranched alkanes of at least 4 members (excludes halogenated alkanes) is 1. The van der Waals surface area contributed by atoms with Crippen LogP contribution < -0.4 is 15.4 Å². The maximum absolute atomic E-state index is 13.0. The zero-order valence-corrected chi connectivity index (χ0v) is 21.1. The van der Waals surface area contributed by atoms with Gasteiger partial charge in [0.25, 0.3) is 5.91 Å². The van der Waals surface area contributed by atoms with Gasteiger partial charge in [0.1, 0.15) is 16.8 Å². The van der Waals surface area contributed by atoms with Crippen molar-refractivity contribution >= 4 is 39.9 Å². The summed E-state index contributed by atoms with van der Waals surface area (Å²) in [5, 5.41) is 15.6. The van der Waals surface area contributed by atoms with Crippen molar-refractivity contribution in [1.29, 1.82) is 0 Å². The first-order valence-electron chi connectivity index (χ1n) is 11.3. The highest BCUT2D eigenvalue weighted by molar-refractivity contribution is 7.18. The summed E-state index contributed by atoms with van der Waals surface area (Å²) in [4.78, 5) is 25.9. The van der Waals surface area contributed by atoms with E-state index in [1.165, 1.54) is 11.3 Å². The standard InChI is InChI=1S/C25H29ClN4O3S/c1-4-6-15-33-20-13-9-17(10-14-20)22(31)27-21(16(3)5-2)23(32)28-25-30-29-24(34-25)18-7-11-19(26)12-8-18/h7-14,16,21H,4-6,15H2,1-3H3,(H,27,31)(H,28,30,32)/t16-,21+/m0/s1. The zero-order valence-electron chi connectivity index (χ0n) is 19.5. The second-order valence-electron chi connectivity index (χ2n) is 7.97. The number of nitrogens with one attached hydrogen (secondary N) is 2. The van der Waals surface area contributed by atoms with Gasteiger partial charge < -0.3 is 10.1 Å². The summed E-state index contributed by atoms with van der Waals surface area (Å²) in [5.41, 5.74) is 1.32. The highest BCUT2D eigenvalue weighted by Crippen LogP contribution is 2.27. The number of benzene rings is 2. The van der Waals surface area contributed by atoms with Gasteiger partial charge in [0.15, 0.2) is 0 Å². The molecule has 34 heavy (non-hydrogen) atoms. The van der Waals surface area contributed by atoms with Gasteiger partial charge in [-0.05, 0) is 48.7 Å². The van der Waals surface area contributed by atoms with E-state index in [9.17, 15) is 9.59 Å². The summed E-state index contributed by atoms with van der Waals surface area (Å²) in [5.74, 6) is -0.0149. The van der Waals surface area contributed by atoms with Crippen LogP contribution in [0.15, 0.2) is 48.5 Å². The molecule has 0 unspecified atom stereocenters. The molecule has 0 aliphatic rings. The van der Waals surface area contributed by atoms with Crippen molar-refractivity contribution in [3.8, 4) is 16.3 Å². The molecule has 1 aromatic heterocycles. The second-order valence-corrected chi connectivity index (χ2v) is 9.39. The molecule has 1 heterocycles. The van der Waals surface area contributed by atoms with E-state index < -0.39 is 6.04 Å². The third-order valence-electron chi connectivity index (χ3n) is 5.41. The monoisotopic (exact) mass is 500 g/mol. The number of carbonyl (C=O) groups excluding carboxylic acids is 2. The highest BCUT2D eigenvalue weighted by atomic mass is 35.5. The molecule has 0 spiro atoms. The predicted molar refractivity (Wildman–Crippen MR) is 137 cm³/mol. The smallest absolute Gasteiger partial charge is 0.251 e. The molecule has 7 nitrogen and oxygen atoms in total. The van der Waals surface area contributed by atoms with E-state index >= 15 is 0 Å². The van der Waals surface area contributed by atoms with Crippen molar-refractivity contribution < 1.29 is 14.3 Å². The molecule has 0 fully saturated rings. The molecular weight excluding hydrogens is 472 g/mol. The fourth-order valence-electron chi connectivity index (χ4n) is 3.13. The molecular formula is C25H29ClN4O3S. The van der Waals surface area contributed by atoms with E-state index in [4.69, 9.17) is 16.3 Å². The quantitative estimate of drug-likeness (QED) is 0.323. The van der Waals surface area contributed by atoms with E-state index in [1.54, 1.807) is 36.4 Å². The van der Waals surface area contributed by atoms with Crippen LogP contribution in [-0.2, 0) is 4.79 Å². The molecule has 3 rings (SSSR count). The largest absolute Gasteiger partial charge is 0.494 e. The van der Waals surface area contributed by atoms with Crippen LogP contribution >= 0.6 is 22.9 Å². The number of nitrogens with zero attached hydrogens (tertiary/aromatic N) is 2. The Morgan fingerprint density at radius 3 is 2.41 bits per heavy atom. The van der Waals surface area contributed by atoms with Crippen LogP contribution in [0.5, 0.6) is 5.75 Å². The lowest BCUT2D eigenvalue weighted by molar-refractivity contribution is -0.119. The lowest BCUT2D eigenvalue weighted by atomic mass is 9.98. The maximum atomic E-state index is 13.0. The normalized spacial score (nSPS) is 12.6. The SMILES string of the molecule is CCCCOc1ccc(C(=O)N[C@@H](C(=O)Nc2nnc(-c3ccc(Cl)cc3)s2)[C@@H](C)CC)cc1. The second kappa shape index (κ2) is 12.5. The van der Waals surface area contributed by atoms with Crippen LogP contribution in [-0.4, -0.2) is 34.7 Å². The average molecular weight is 501 g/mol. The zero-order chi connectivity index (χ0) is 24.5. The number of aromatic nitrogens is 2. The number of halogens is 1. The number of anilines is 1. The lowest BCUT2D eigenvalue weighted by Gasteiger charge is -2.23. The van der Waals surface area contributed by atoms with Gasteiger partial charge in [-0.15, -0.1) is 10.2 Å². The number of amides is 2. The number of hydrogen-bond acceptors (Lipinski definition) is 6. The lowest BCUT2D eigenvalue weighted by Crippen LogP contribution is -2.47. The molecule has 0 saturated carbocycles. The molecule has 0 aliphatic carbocycles. The van der Waals surface area contributed by atoms with Crippen LogP contribution in [0.3, 0.4) is 0 Å². The third-order valence-corrected chi connectivity index (χ3v) is 6.55. The van der Waals surface area contributed by atoms with Crippen LogP contribution in [0.1, 0.15) is 50.4 Å². The molecule has 2 atom stereocenters. The number of carbonyl (C=O) groups is 2. The Morgan fingerprint density at radius 2 is 1.76 bits per heavy atom. The first kappa shape index (κ1) is 25.6. The number of hydrogen-bond donors (Lipinski definition) is 2. The topological polar surface area (TPSA) is 93.2 Å². The Labute approximate surface area is 208 Å². The molecule has 3 aromatic rings. The fraction of sp³-hybridized carbons (Fsp3) is 0.360. The van der Waals surface area contributed by atoms with Gasteiger partial charge in [-0.25, -0.2) is 0 Å². The average Bonchev–Trinajstić information content (AvgIpc) is 3.31. The molecule has 2 N–H and O–H groups in total. The van der Waals surface area contributed by atoms with E-state index in [0.29, 0.717) is 39.5 Å². The molecule has 0 aliphatic heterocycles. The van der Waals surface area contributed by atoms with Crippen molar-refractivity contribution in [3.05, 3.63) is 59.1 Å². The first-order chi connectivity index (χ1) is 16.4.